The first-order valence-electron chi connectivity index (χ1n) is 5.44. The van der Waals surface area contributed by atoms with Crippen molar-refractivity contribution in [3.63, 3.8) is 0 Å². The molecule has 1 heterocycles. The summed E-state index contributed by atoms with van der Waals surface area (Å²) in [6, 6.07) is 0. The van der Waals surface area contributed by atoms with Crippen molar-refractivity contribution in [2.45, 2.75) is 13.8 Å². The molecule has 1 nitrogen and oxygen atoms in total. The Labute approximate surface area is 97.4 Å². The highest BCUT2D eigenvalue weighted by Crippen LogP contribution is 2.05. The number of hydrogen-bond donors (Lipinski definition) is 0. The first kappa shape index (κ1) is 12.3. The van der Waals surface area contributed by atoms with Crippen molar-refractivity contribution >= 4 is 24.3 Å². The molecular weight excluding hydrogens is 194 g/mol. The molecule has 0 spiro atoms. The van der Waals surface area contributed by atoms with Crippen LogP contribution in [0.3, 0.4) is 0 Å². The summed E-state index contributed by atoms with van der Waals surface area (Å²) in [5, 5.41) is 2.40. The van der Waals surface area contributed by atoms with Crippen LogP contribution in [0.1, 0.15) is 25.1 Å². The van der Waals surface area contributed by atoms with Crippen LogP contribution in [0.25, 0.3) is 24.3 Å². The smallest absolute Gasteiger partial charge is 0.0482 e. The third kappa shape index (κ3) is 1.94. The second-order valence-electron chi connectivity index (χ2n) is 3.55. The van der Waals surface area contributed by atoms with E-state index in [0.717, 1.165) is 11.3 Å². The Hall–Kier alpha value is -1.76. The molecule has 0 N–H and O–H groups in total. The zero-order valence-corrected chi connectivity index (χ0v) is 10.3. The predicted molar refractivity (Wildman–Crippen MR) is 74.3 cm³/mol. The maximum Gasteiger partial charge on any atom is 0.0482 e. The number of nitrogens with zero attached hydrogens (tertiary/aromatic N) is 1. The molecule has 1 aromatic rings. The largest absolute Gasteiger partial charge is 0.344 e. The maximum atomic E-state index is 3.88. The maximum absolute atomic E-state index is 3.88. The second-order valence-corrected chi connectivity index (χ2v) is 3.55. The van der Waals surface area contributed by atoms with Crippen LogP contribution in [0.4, 0.5) is 0 Å². The van der Waals surface area contributed by atoms with Crippen LogP contribution < -0.4 is 10.6 Å². The van der Waals surface area contributed by atoms with Gasteiger partial charge in [-0.1, -0.05) is 43.5 Å². The van der Waals surface area contributed by atoms with E-state index in [0.29, 0.717) is 0 Å². The van der Waals surface area contributed by atoms with Crippen molar-refractivity contribution in [2.75, 3.05) is 0 Å². The van der Waals surface area contributed by atoms with Crippen molar-refractivity contribution < 1.29 is 0 Å². The van der Waals surface area contributed by atoms with Gasteiger partial charge in [0.15, 0.2) is 0 Å². The quantitative estimate of drug-likeness (QED) is 0.727. The van der Waals surface area contributed by atoms with E-state index < -0.39 is 0 Å². The molecule has 1 rings (SSSR count). The molecule has 0 unspecified atom stereocenters. The second kappa shape index (κ2) is 5.36. The van der Waals surface area contributed by atoms with E-state index in [9.17, 15) is 0 Å². The molecule has 0 aliphatic rings. The SMILES string of the molecule is C=Cc1c(C=C)n(C)c(=C/C)/c1=C\C=C/C. The summed E-state index contributed by atoms with van der Waals surface area (Å²) in [6.07, 6.45) is 12.0. The summed E-state index contributed by atoms with van der Waals surface area (Å²) in [5.74, 6) is 0. The Morgan fingerprint density at radius 2 is 1.81 bits per heavy atom. The van der Waals surface area contributed by atoms with Crippen LogP contribution in [0.2, 0.25) is 0 Å². The van der Waals surface area contributed by atoms with Crippen LogP contribution in [-0.4, -0.2) is 4.57 Å². The Bertz CT molecular complexity index is 539. The molecule has 0 amide bonds. The van der Waals surface area contributed by atoms with Crippen LogP contribution in [0.5, 0.6) is 0 Å². The lowest BCUT2D eigenvalue weighted by Crippen LogP contribution is -2.28. The van der Waals surface area contributed by atoms with Gasteiger partial charge in [0.25, 0.3) is 0 Å². The predicted octanol–water partition coefficient (Wildman–Crippen LogP) is 2.47. The number of aromatic nitrogens is 1. The highest BCUT2D eigenvalue weighted by molar-refractivity contribution is 5.65. The molecule has 0 aliphatic heterocycles. The van der Waals surface area contributed by atoms with Crippen LogP contribution in [-0.2, 0) is 7.05 Å². The fraction of sp³-hybridized carbons (Fsp3) is 0.200. The molecule has 0 bridgehead atoms. The normalized spacial score (nSPS) is 13.7. The fourth-order valence-corrected chi connectivity index (χ4v) is 1.95. The summed E-state index contributed by atoms with van der Waals surface area (Å²) in [7, 11) is 2.05. The monoisotopic (exact) mass is 213 g/mol. The van der Waals surface area contributed by atoms with Gasteiger partial charge in [-0.25, -0.2) is 0 Å². The first-order chi connectivity index (χ1) is 7.71. The summed E-state index contributed by atoms with van der Waals surface area (Å²) in [5.41, 5.74) is 2.25. The lowest BCUT2D eigenvalue weighted by atomic mass is 10.2. The van der Waals surface area contributed by atoms with E-state index in [4.69, 9.17) is 0 Å². The number of hydrogen-bond acceptors (Lipinski definition) is 0. The highest BCUT2D eigenvalue weighted by Gasteiger charge is 2.05. The Kier molecular flexibility index (Phi) is 4.12. The molecule has 0 radical (unpaired) electrons. The van der Waals surface area contributed by atoms with Gasteiger partial charge in [-0.2, -0.15) is 0 Å². The zero-order chi connectivity index (χ0) is 12.1. The minimum Gasteiger partial charge on any atom is -0.344 e. The van der Waals surface area contributed by atoms with Crippen molar-refractivity contribution in [1.29, 1.82) is 0 Å². The van der Waals surface area contributed by atoms with Gasteiger partial charge in [0.05, 0.1) is 0 Å². The molecule has 0 fully saturated rings. The fourth-order valence-electron chi connectivity index (χ4n) is 1.95. The number of rotatable bonds is 3. The van der Waals surface area contributed by atoms with Crippen molar-refractivity contribution in [3.8, 4) is 0 Å². The average molecular weight is 213 g/mol. The Morgan fingerprint density at radius 3 is 2.25 bits per heavy atom. The van der Waals surface area contributed by atoms with Crippen LogP contribution in [0.15, 0.2) is 25.3 Å². The molecule has 84 valence electrons. The first-order valence-corrected chi connectivity index (χ1v) is 5.44. The van der Waals surface area contributed by atoms with E-state index in [1.165, 1.54) is 10.6 Å². The van der Waals surface area contributed by atoms with Gasteiger partial charge in [0.1, 0.15) is 0 Å². The van der Waals surface area contributed by atoms with Gasteiger partial charge in [-0.15, -0.1) is 0 Å². The van der Waals surface area contributed by atoms with Crippen molar-refractivity contribution in [2.24, 2.45) is 7.05 Å². The van der Waals surface area contributed by atoms with Gasteiger partial charge >= 0.3 is 0 Å². The molecule has 1 heteroatoms. The molecule has 0 saturated heterocycles. The topological polar surface area (TPSA) is 4.93 Å². The Morgan fingerprint density at radius 1 is 1.12 bits per heavy atom. The van der Waals surface area contributed by atoms with Crippen LogP contribution >= 0.6 is 0 Å². The molecule has 0 aliphatic carbocycles. The Balaban J connectivity index is 3.84. The molecule has 0 atom stereocenters. The van der Waals surface area contributed by atoms with Gasteiger partial charge < -0.3 is 4.57 Å². The third-order valence-electron chi connectivity index (χ3n) is 2.69. The molecule has 1 aromatic heterocycles. The third-order valence-corrected chi connectivity index (χ3v) is 2.69. The molecular formula is C15H19N. The van der Waals surface area contributed by atoms with E-state index in [-0.39, 0.29) is 0 Å². The van der Waals surface area contributed by atoms with E-state index in [1.54, 1.807) is 0 Å². The highest BCUT2D eigenvalue weighted by atomic mass is 14.9. The minimum absolute atomic E-state index is 1.11. The van der Waals surface area contributed by atoms with Crippen molar-refractivity contribution in [1.82, 2.24) is 4.57 Å². The molecule has 0 saturated carbocycles. The van der Waals surface area contributed by atoms with Gasteiger partial charge in [-0.3, -0.25) is 0 Å². The van der Waals surface area contributed by atoms with Crippen molar-refractivity contribution in [3.05, 3.63) is 47.1 Å². The minimum atomic E-state index is 1.11. The van der Waals surface area contributed by atoms with Gasteiger partial charge in [0, 0.05) is 28.9 Å². The van der Waals surface area contributed by atoms with Crippen LogP contribution in [0, 0.1) is 0 Å². The van der Waals surface area contributed by atoms with Gasteiger partial charge in [-0.05, 0) is 19.9 Å². The van der Waals surface area contributed by atoms with E-state index in [1.807, 2.05) is 45.2 Å². The van der Waals surface area contributed by atoms with E-state index >= 15 is 0 Å². The summed E-state index contributed by atoms with van der Waals surface area (Å²) < 4.78 is 2.14. The average Bonchev–Trinajstić information content (AvgIpc) is 2.57. The summed E-state index contributed by atoms with van der Waals surface area (Å²) in [4.78, 5) is 0. The number of allylic oxidation sites excluding steroid dienone is 2. The summed E-state index contributed by atoms with van der Waals surface area (Å²) in [6.45, 7) is 11.8. The lowest BCUT2D eigenvalue weighted by molar-refractivity contribution is 0.876. The zero-order valence-electron chi connectivity index (χ0n) is 10.3. The molecule has 0 aromatic carbocycles. The molecule has 16 heavy (non-hydrogen) atoms. The standard InChI is InChI=1S/C15H19N/c1-6-10-11-13-12(7-2)14(8-3)16(5)15(13)9-4/h6-11H,2-3H2,1,4-5H3/b10-6-,13-11-,15-9+. The van der Waals surface area contributed by atoms with Gasteiger partial charge in [0.2, 0.25) is 0 Å². The van der Waals surface area contributed by atoms with E-state index in [2.05, 4.69) is 29.9 Å². The summed E-state index contributed by atoms with van der Waals surface area (Å²) >= 11 is 0. The lowest BCUT2D eigenvalue weighted by Gasteiger charge is -1.97.